The van der Waals surface area contributed by atoms with Gasteiger partial charge < -0.3 is 14.2 Å². The van der Waals surface area contributed by atoms with Crippen LogP contribution in [0.2, 0.25) is 0 Å². The van der Waals surface area contributed by atoms with Crippen molar-refractivity contribution in [2.24, 2.45) is 0 Å². The summed E-state index contributed by atoms with van der Waals surface area (Å²) in [6.07, 6.45) is 3.93. The Bertz CT molecular complexity index is 945. The van der Waals surface area contributed by atoms with Crippen molar-refractivity contribution in [2.45, 2.75) is 6.54 Å². The summed E-state index contributed by atoms with van der Waals surface area (Å²) < 4.78 is 6.72. The Balaban J connectivity index is 1.76. The van der Waals surface area contributed by atoms with Crippen LogP contribution in [0.15, 0.2) is 42.5 Å². The Labute approximate surface area is 143 Å². The van der Waals surface area contributed by atoms with E-state index in [0.717, 1.165) is 22.4 Å². The Morgan fingerprint density at radius 1 is 1.17 bits per heavy atom. The van der Waals surface area contributed by atoms with Gasteiger partial charge in [-0.15, -0.1) is 0 Å². The maximum Gasteiger partial charge on any atom is 0.253 e. The van der Waals surface area contributed by atoms with Crippen molar-refractivity contribution >= 4 is 41.0 Å². The third-order valence-corrected chi connectivity index (χ3v) is 4.23. The third-order valence-electron chi connectivity index (χ3n) is 4.06. The topological polar surface area (TPSA) is 56.2 Å². The van der Waals surface area contributed by atoms with Crippen molar-refractivity contribution in [1.82, 2.24) is 14.9 Å². The molecule has 6 heteroatoms. The number of nitrogens with one attached hydrogen (secondary N) is 1. The summed E-state index contributed by atoms with van der Waals surface area (Å²) in [5, 5.41) is 2.91. The summed E-state index contributed by atoms with van der Waals surface area (Å²) in [5.74, 6) is 1.37. The molecule has 2 aromatic carbocycles. The normalized spacial score (nSPS) is 14.0. The van der Waals surface area contributed by atoms with Gasteiger partial charge in [0.25, 0.3) is 5.91 Å². The van der Waals surface area contributed by atoms with Crippen molar-refractivity contribution in [3.05, 3.63) is 59.4 Å². The first-order valence-corrected chi connectivity index (χ1v) is 7.91. The molecule has 0 unspecified atom stereocenters. The Morgan fingerprint density at radius 3 is 2.79 bits per heavy atom. The predicted octanol–water partition coefficient (Wildman–Crippen LogP) is 3.48. The van der Waals surface area contributed by atoms with Gasteiger partial charge in [0.2, 0.25) is 0 Å². The number of hydrogen-bond donors (Lipinski definition) is 1. The maximum absolute atomic E-state index is 12.1. The minimum Gasteiger partial charge on any atom is -0.386 e. The first-order valence-electron chi connectivity index (χ1n) is 7.60. The number of amides is 1. The molecule has 4 rings (SSSR count). The van der Waals surface area contributed by atoms with E-state index in [9.17, 15) is 4.79 Å². The van der Waals surface area contributed by atoms with Crippen LogP contribution < -0.4 is 9.61 Å². The molecule has 1 aliphatic heterocycles. The molecule has 0 fully saturated rings. The SMILES string of the molecule is O=C1NCCn2c(/C=C/c3ccc(OCl)cc3)nc3cccc1c32. The molecule has 1 aromatic heterocycles. The molecule has 120 valence electrons. The second-order valence-corrected chi connectivity index (χ2v) is 5.68. The summed E-state index contributed by atoms with van der Waals surface area (Å²) in [6.45, 7) is 1.28. The molecule has 0 spiro atoms. The van der Waals surface area contributed by atoms with Crippen LogP contribution in [0.1, 0.15) is 21.7 Å². The van der Waals surface area contributed by atoms with E-state index in [1.807, 2.05) is 42.5 Å². The maximum atomic E-state index is 12.1. The van der Waals surface area contributed by atoms with Crippen LogP contribution in [-0.2, 0) is 6.54 Å². The fraction of sp³-hybridized carbons (Fsp3) is 0.111. The number of hydrogen-bond acceptors (Lipinski definition) is 3. The lowest BCUT2D eigenvalue weighted by Crippen LogP contribution is -2.24. The molecule has 3 aromatic rings. The smallest absolute Gasteiger partial charge is 0.253 e. The fourth-order valence-electron chi connectivity index (χ4n) is 2.92. The van der Waals surface area contributed by atoms with Crippen LogP contribution in [0.5, 0.6) is 5.75 Å². The Kier molecular flexibility index (Phi) is 3.70. The summed E-state index contributed by atoms with van der Waals surface area (Å²) in [6, 6.07) is 13.0. The minimum absolute atomic E-state index is 0.0496. The Morgan fingerprint density at radius 2 is 2.00 bits per heavy atom. The van der Waals surface area contributed by atoms with E-state index in [4.69, 9.17) is 11.9 Å². The second kappa shape index (κ2) is 6.02. The number of benzene rings is 2. The highest BCUT2D eigenvalue weighted by molar-refractivity contribution is 6.09. The summed E-state index contributed by atoms with van der Waals surface area (Å²) in [7, 11) is 0. The van der Waals surface area contributed by atoms with Gasteiger partial charge in [-0.3, -0.25) is 4.79 Å². The first-order chi connectivity index (χ1) is 11.8. The van der Waals surface area contributed by atoms with E-state index in [0.29, 0.717) is 24.4 Å². The van der Waals surface area contributed by atoms with Crippen molar-refractivity contribution in [1.29, 1.82) is 0 Å². The lowest BCUT2D eigenvalue weighted by Gasteiger charge is -2.03. The van der Waals surface area contributed by atoms with Gasteiger partial charge in [-0.25, -0.2) is 4.98 Å². The van der Waals surface area contributed by atoms with Gasteiger partial charge >= 0.3 is 0 Å². The molecule has 0 bridgehead atoms. The molecule has 0 saturated carbocycles. The second-order valence-electron chi connectivity index (χ2n) is 5.53. The molecule has 0 atom stereocenters. The summed E-state index contributed by atoms with van der Waals surface area (Å²) >= 11 is 5.32. The van der Waals surface area contributed by atoms with Crippen LogP contribution >= 0.6 is 11.9 Å². The number of para-hydroxylation sites is 1. The predicted molar refractivity (Wildman–Crippen MR) is 93.9 cm³/mol. The van der Waals surface area contributed by atoms with Crippen molar-refractivity contribution in [3.8, 4) is 5.75 Å². The third kappa shape index (κ3) is 2.53. The van der Waals surface area contributed by atoms with E-state index in [1.165, 1.54) is 0 Å². The summed E-state index contributed by atoms with van der Waals surface area (Å²) in [5.41, 5.74) is 3.39. The Hall–Kier alpha value is -2.79. The highest BCUT2D eigenvalue weighted by Gasteiger charge is 2.19. The molecule has 0 aliphatic carbocycles. The monoisotopic (exact) mass is 339 g/mol. The molecular formula is C18H14ClN3O2. The molecule has 0 radical (unpaired) electrons. The first kappa shape index (κ1) is 14.8. The number of rotatable bonds is 3. The number of halogens is 1. The van der Waals surface area contributed by atoms with Gasteiger partial charge in [0.1, 0.15) is 23.4 Å². The van der Waals surface area contributed by atoms with Gasteiger partial charge in [0, 0.05) is 13.1 Å². The summed E-state index contributed by atoms with van der Waals surface area (Å²) in [4.78, 5) is 16.8. The van der Waals surface area contributed by atoms with Crippen LogP contribution in [0, 0.1) is 0 Å². The minimum atomic E-state index is -0.0496. The highest BCUT2D eigenvalue weighted by atomic mass is 35.5. The van der Waals surface area contributed by atoms with Gasteiger partial charge in [-0.1, -0.05) is 24.3 Å². The fourth-order valence-corrected chi connectivity index (χ4v) is 3.02. The standard InChI is InChI=1S/C18H14ClN3O2/c19-24-13-7-4-12(5-8-13)6-9-16-21-15-3-1-2-14-17(15)22(16)11-10-20-18(14)23/h1-9H,10-11H2,(H,20,23)/b9-6+. The van der Waals surface area contributed by atoms with Gasteiger partial charge in [-0.05, 0) is 35.9 Å². The van der Waals surface area contributed by atoms with E-state index < -0.39 is 0 Å². The molecular weight excluding hydrogens is 326 g/mol. The molecule has 1 N–H and O–H groups in total. The van der Waals surface area contributed by atoms with Crippen molar-refractivity contribution < 1.29 is 9.08 Å². The lowest BCUT2D eigenvalue weighted by molar-refractivity contribution is 0.0956. The van der Waals surface area contributed by atoms with Crippen LogP contribution in [0.3, 0.4) is 0 Å². The molecule has 5 nitrogen and oxygen atoms in total. The van der Waals surface area contributed by atoms with E-state index >= 15 is 0 Å². The number of aromatic nitrogens is 2. The van der Waals surface area contributed by atoms with Crippen LogP contribution in [0.4, 0.5) is 0 Å². The largest absolute Gasteiger partial charge is 0.386 e. The van der Waals surface area contributed by atoms with E-state index in [2.05, 4.69) is 19.2 Å². The highest BCUT2D eigenvalue weighted by Crippen LogP contribution is 2.24. The zero-order chi connectivity index (χ0) is 16.5. The average molecular weight is 340 g/mol. The van der Waals surface area contributed by atoms with Crippen LogP contribution in [-0.4, -0.2) is 22.0 Å². The lowest BCUT2D eigenvalue weighted by atomic mass is 10.2. The molecule has 24 heavy (non-hydrogen) atoms. The molecule has 2 heterocycles. The van der Waals surface area contributed by atoms with Crippen LogP contribution in [0.25, 0.3) is 23.2 Å². The van der Waals surface area contributed by atoms with Gasteiger partial charge in [0.15, 0.2) is 0 Å². The molecule has 1 aliphatic rings. The number of carbonyl (C=O) groups excluding carboxylic acids is 1. The zero-order valence-corrected chi connectivity index (χ0v) is 13.5. The van der Waals surface area contributed by atoms with Crippen molar-refractivity contribution in [3.63, 3.8) is 0 Å². The van der Waals surface area contributed by atoms with E-state index in [-0.39, 0.29) is 5.91 Å². The molecule has 1 amide bonds. The van der Waals surface area contributed by atoms with Crippen molar-refractivity contribution in [2.75, 3.05) is 6.54 Å². The number of nitrogens with zero attached hydrogens (tertiary/aromatic N) is 2. The number of imidazole rings is 1. The quantitative estimate of drug-likeness (QED) is 0.794. The van der Waals surface area contributed by atoms with Gasteiger partial charge in [0.05, 0.1) is 16.6 Å². The zero-order valence-electron chi connectivity index (χ0n) is 12.7. The number of carbonyl (C=O) groups is 1. The average Bonchev–Trinajstić information content (AvgIpc) is 2.88. The van der Waals surface area contributed by atoms with Gasteiger partial charge in [-0.2, -0.15) is 0 Å². The molecule has 0 saturated heterocycles. The van der Waals surface area contributed by atoms with E-state index in [1.54, 1.807) is 12.1 Å².